The minimum Gasteiger partial charge on any atom is -0.161 e. The van der Waals surface area contributed by atoms with Crippen molar-refractivity contribution < 1.29 is 0 Å². The summed E-state index contributed by atoms with van der Waals surface area (Å²) in [7, 11) is 19.5. The highest BCUT2D eigenvalue weighted by atomic mass is 13.0. The Labute approximate surface area is 65.5 Å². The third-order valence-electron chi connectivity index (χ3n) is 0.667. The minimum atomic E-state index is -0.199. The first-order chi connectivity index (χ1) is 4.09. The summed E-state index contributed by atoms with van der Waals surface area (Å²) in [5.74, 6) is 0. The van der Waals surface area contributed by atoms with Crippen LogP contribution in [0.4, 0.5) is 0 Å². The molecule has 0 aliphatic rings. The summed E-state index contributed by atoms with van der Waals surface area (Å²) in [6.07, 6.45) is 0.516. The molecule has 0 heterocycles. The van der Waals surface area contributed by atoms with Crippen molar-refractivity contribution >= 4 is 64.9 Å². The Bertz CT molecular complexity index is 54.4. The van der Waals surface area contributed by atoms with E-state index in [1.54, 1.807) is 0 Å². The average molecular weight is 103 g/mol. The predicted octanol–water partition coefficient (Wildman–Crippen LogP) is -5.03. The molecule has 0 aliphatic heterocycles. The highest BCUT2D eigenvalue weighted by Crippen LogP contribution is 1.80. The van der Waals surface area contributed by atoms with Crippen LogP contribution in [0.15, 0.2) is 0 Å². The van der Waals surface area contributed by atoms with E-state index in [0.717, 1.165) is 0 Å². The first-order valence-electron chi connectivity index (χ1n) is 2.00. The zero-order chi connectivity index (χ0) is 7.44. The van der Waals surface area contributed by atoms with E-state index >= 15 is 0 Å². The van der Waals surface area contributed by atoms with Crippen molar-refractivity contribution in [2.45, 2.75) is 0 Å². The van der Waals surface area contributed by atoms with Gasteiger partial charge >= 0.3 is 0 Å². The van der Waals surface area contributed by atoms with Crippen LogP contribution >= 0.6 is 0 Å². The Kier molecular flexibility index (Phi) is 4.69. The van der Waals surface area contributed by atoms with Crippen LogP contribution in [0.2, 0.25) is 0 Å². The van der Waals surface area contributed by atoms with Crippen LogP contribution in [-0.2, 0) is 0 Å². The molecule has 0 bridgehead atoms. The molecule has 0 N–H and O–H groups in total. The molecule has 35 valence electrons. The fourth-order valence-corrected chi connectivity index (χ4v) is 0.128. The number of rotatable bonds is 3. The van der Waals surface area contributed by atoms with E-state index < -0.39 is 0 Å². The SMILES string of the molecule is [B]B([B])B([B][BH3-])B([B])[BH3-]. The quantitative estimate of drug-likeness (QED) is 0.314. The smallest absolute Gasteiger partial charge is 0.000199 e. The van der Waals surface area contributed by atoms with Crippen molar-refractivity contribution in [1.82, 2.24) is 0 Å². The van der Waals surface area contributed by atoms with Gasteiger partial charge in [-0.05, 0) is 29.6 Å². The molecule has 0 aliphatic carbocycles. The van der Waals surface area contributed by atoms with Gasteiger partial charge < -0.3 is 0 Å². The number of hydrogen-bond acceptors (Lipinski definition) is 0. The first kappa shape index (κ1) is 9.58. The van der Waals surface area contributed by atoms with Crippen LogP contribution in [0, 0.1) is 0 Å². The normalized spacial score (nSPS) is 8.22. The third kappa shape index (κ3) is 3.32. The summed E-state index contributed by atoms with van der Waals surface area (Å²) in [4.78, 5) is 0. The van der Waals surface area contributed by atoms with E-state index in [1.807, 2.05) is 0 Å². The van der Waals surface area contributed by atoms with E-state index in [-0.39, 0.29) is 14.1 Å². The second-order valence-electron chi connectivity index (χ2n) is 1.35. The zero-order valence-electron chi connectivity index (χ0n) is 4.04. The molecule has 0 amide bonds. The summed E-state index contributed by atoms with van der Waals surface area (Å²) >= 11 is 0. The molecule has 0 aromatic heterocycles. The molecule has 0 aromatic carbocycles. The van der Waals surface area contributed by atoms with Crippen molar-refractivity contribution in [3.8, 4) is 0 Å². The summed E-state index contributed by atoms with van der Waals surface area (Å²) in [6.45, 7) is 0. The summed E-state index contributed by atoms with van der Waals surface area (Å²) in [5, 5.41) is 0. The molecule has 9 heavy (non-hydrogen) atoms. The van der Waals surface area contributed by atoms with Gasteiger partial charge in [-0.25, -0.2) is 0 Å². The molecule has 0 saturated heterocycles. The van der Waals surface area contributed by atoms with Crippen molar-refractivity contribution in [3.63, 3.8) is 0 Å². The Morgan fingerprint density at radius 2 is 1.67 bits per heavy atom. The molecular weight excluding hydrogens is 97.3 g/mol. The van der Waals surface area contributed by atoms with Gasteiger partial charge in [-0.15, -0.1) is 6.39 Å². The van der Waals surface area contributed by atoms with Crippen molar-refractivity contribution in [2.75, 3.05) is 0 Å². The largest absolute Gasteiger partial charge is 0.161 e. The van der Waals surface area contributed by atoms with Gasteiger partial charge in [0.1, 0.15) is 0 Å². The molecule has 9 heteroatoms. The molecule has 0 rings (SSSR count). The van der Waals surface area contributed by atoms with Gasteiger partial charge in [0.15, 0.2) is 0 Å². The van der Waals surface area contributed by atoms with Crippen molar-refractivity contribution in [2.24, 2.45) is 0 Å². The van der Waals surface area contributed by atoms with Crippen LogP contribution in [0.5, 0.6) is 0 Å². The fraction of sp³-hybridized carbons (Fsp3) is 0. The van der Waals surface area contributed by atoms with Gasteiger partial charge in [-0.1, -0.05) is 21.9 Å². The number of hydrogen-bond donors (Lipinski definition) is 0. The lowest BCUT2D eigenvalue weighted by atomic mass is 8.64. The third-order valence-corrected chi connectivity index (χ3v) is 0.667. The Balaban J connectivity index is 3.68. The molecule has 0 aromatic rings. The summed E-state index contributed by atoms with van der Waals surface area (Å²) in [5.41, 5.74) is 0. The topological polar surface area (TPSA) is 0 Å². The van der Waals surface area contributed by atoms with Gasteiger partial charge in [-0.3, -0.25) is 0 Å². The van der Waals surface area contributed by atoms with Crippen molar-refractivity contribution in [1.29, 1.82) is 0 Å². The maximum atomic E-state index is 5.71. The predicted molar refractivity (Wildman–Crippen MR) is 60.2 cm³/mol. The molecule has 0 fully saturated rings. The van der Waals surface area contributed by atoms with Crippen LogP contribution in [0.1, 0.15) is 0 Å². The van der Waals surface area contributed by atoms with Crippen LogP contribution in [-0.4, -0.2) is 64.9 Å². The highest BCUT2D eigenvalue weighted by Gasteiger charge is 2.11. The summed E-state index contributed by atoms with van der Waals surface area (Å²) < 4.78 is 0. The molecule has 0 unspecified atom stereocenters. The Morgan fingerprint density at radius 1 is 1.22 bits per heavy atom. The molecular formula is H6B9-2. The lowest BCUT2D eigenvalue weighted by Crippen LogP contribution is -2.55. The van der Waals surface area contributed by atoms with Gasteiger partial charge in [0.25, 0.3) is 0 Å². The molecule has 0 nitrogen and oxygen atoms in total. The summed E-state index contributed by atoms with van der Waals surface area (Å²) in [6, 6.07) is 0. The lowest BCUT2D eigenvalue weighted by Gasteiger charge is -2.25. The second-order valence-corrected chi connectivity index (χ2v) is 1.35. The zero-order valence-corrected chi connectivity index (χ0v) is 4.04. The lowest BCUT2D eigenvalue weighted by molar-refractivity contribution is 3.58. The van der Waals surface area contributed by atoms with E-state index in [2.05, 4.69) is 7.06 Å². The molecule has 0 spiro atoms. The molecule has 7 radical (unpaired) electrons. The van der Waals surface area contributed by atoms with Crippen LogP contribution < -0.4 is 0 Å². The highest BCUT2D eigenvalue weighted by molar-refractivity contribution is 7.93. The van der Waals surface area contributed by atoms with Gasteiger partial charge in [0, 0.05) is 0 Å². The van der Waals surface area contributed by atoms with Crippen LogP contribution in [0.3, 0.4) is 0 Å². The first-order valence-corrected chi connectivity index (χ1v) is 2.00. The molecule has 0 atom stereocenters. The van der Waals surface area contributed by atoms with E-state index in [9.17, 15) is 0 Å². The average Bonchev–Trinajstić information content (AvgIpc) is 1.64. The second kappa shape index (κ2) is 4.41. The van der Waals surface area contributed by atoms with E-state index in [1.165, 1.54) is 0 Å². The minimum absolute atomic E-state index is 0.199. The molecule has 0 saturated carbocycles. The van der Waals surface area contributed by atoms with E-state index in [4.69, 9.17) is 23.2 Å². The van der Waals surface area contributed by atoms with Crippen molar-refractivity contribution in [3.05, 3.63) is 0 Å². The van der Waals surface area contributed by atoms with E-state index in [0.29, 0.717) is 20.5 Å². The Hall–Kier alpha value is 0.584. The van der Waals surface area contributed by atoms with Gasteiger partial charge in [0.05, 0.1) is 0 Å². The Morgan fingerprint density at radius 3 is 1.67 bits per heavy atom. The van der Waals surface area contributed by atoms with Gasteiger partial charge in [-0.2, -0.15) is 7.06 Å². The fourth-order valence-electron chi connectivity index (χ4n) is 0.128. The maximum Gasteiger partial charge on any atom is -0.000199 e. The standard InChI is InChI=1S/B9H6/c1-6-9(7(2)3)8(4)5/h1-2H3/q-2. The van der Waals surface area contributed by atoms with Crippen LogP contribution in [0.25, 0.3) is 0 Å². The maximum absolute atomic E-state index is 5.71. The van der Waals surface area contributed by atoms with Gasteiger partial charge in [0.2, 0.25) is 0 Å². The monoisotopic (exact) mass is 105 g/mol.